The highest BCUT2D eigenvalue weighted by Crippen LogP contribution is 2.39. The Morgan fingerprint density at radius 2 is 1.80 bits per heavy atom. The topological polar surface area (TPSA) is 26.0 Å². The molecule has 0 aliphatic heterocycles. The van der Waals surface area contributed by atoms with Crippen LogP contribution in [-0.2, 0) is 6.42 Å². The first-order valence-corrected chi connectivity index (χ1v) is 5.29. The zero-order valence-electron chi connectivity index (χ0n) is 8.50. The van der Waals surface area contributed by atoms with Crippen molar-refractivity contribution in [2.45, 2.75) is 37.6 Å². The Labute approximate surface area is 88.3 Å². The van der Waals surface area contributed by atoms with Crippen LogP contribution in [0, 0.1) is 0 Å². The normalized spacial score (nSPS) is 18.1. The molecule has 1 atom stereocenters. The van der Waals surface area contributed by atoms with E-state index in [1.165, 1.54) is 18.4 Å². The molecule has 0 saturated heterocycles. The molecule has 3 heteroatoms. The maximum atomic E-state index is 12.2. The molecule has 0 heterocycles. The van der Waals surface area contributed by atoms with Gasteiger partial charge < -0.3 is 5.73 Å². The first kappa shape index (κ1) is 10.6. The van der Waals surface area contributed by atoms with Crippen molar-refractivity contribution in [3.8, 4) is 0 Å². The minimum atomic E-state index is -2.44. The molecule has 1 nitrogen and oxygen atoms in total. The predicted octanol–water partition coefficient (Wildman–Crippen LogP) is 2.70. The maximum absolute atomic E-state index is 12.2. The lowest BCUT2D eigenvalue weighted by Gasteiger charge is -2.10. The van der Waals surface area contributed by atoms with Gasteiger partial charge in [0.1, 0.15) is 0 Å². The molecule has 2 N–H and O–H groups in total. The Morgan fingerprint density at radius 3 is 2.27 bits per heavy atom. The van der Waals surface area contributed by atoms with Crippen LogP contribution in [0.3, 0.4) is 0 Å². The van der Waals surface area contributed by atoms with Gasteiger partial charge >= 0.3 is 0 Å². The molecule has 1 unspecified atom stereocenters. The SMILES string of the molecule is NC(Cc1ccc(C2CC2)cc1)C(F)F. The van der Waals surface area contributed by atoms with Crippen LogP contribution in [0.2, 0.25) is 0 Å². The van der Waals surface area contributed by atoms with Crippen molar-refractivity contribution in [2.24, 2.45) is 5.73 Å². The molecule has 1 fully saturated rings. The molecule has 0 spiro atoms. The van der Waals surface area contributed by atoms with E-state index in [1.807, 2.05) is 24.3 Å². The fourth-order valence-electron chi connectivity index (χ4n) is 1.70. The molecule has 1 saturated carbocycles. The summed E-state index contributed by atoms with van der Waals surface area (Å²) in [6.07, 6.45) is 0.335. The van der Waals surface area contributed by atoms with Gasteiger partial charge in [0.05, 0.1) is 6.04 Å². The number of hydrogen-bond donors (Lipinski definition) is 1. The number of rotatable bonds is 4. The van der Waals surface area contributed by atoms with Crippen molar-refractivity contribution in [1.29, 1.82) is 0 Å². The summed E-state index contributed by atoms with van der Waals surface area (Å²) in [5.41, 5.74) is 7.53. The third-order valence-electron chi connectivity index (χ3n) is 2.82. The minimum absolute atomic E-state index is 0.253. The van der Waals surface area contributed by atoms with E-state index in [4.69, 9.17) is 5.73 Å². The van der Waals surface area contributed by atoms with Gasteiger partial charge in [-0.05, 0) is 36.3 Å². The second-order valence-corrected chi connectivity index (χ2v) is 4.22. The minimum Gasteiger partial charge on any atom is -0.323 e. The van der Waals surface area contributed by atoms with E-state index >= 15 is 0 Å². The summed E-state index contributed by atoms with van der Waals surface area (Å²) in [4.78, 5) is 0. The molecule has 0 bridgehead atoms. The molecule has 1 aromatic rings. The quantitative estimate of drug-likeness (QED) is 0.814. The van der Waals surface area contributed by atoms with Crippen molar-refractivity contribution >= 4 is 0 Å². The van der Waals surface area contributed by atoms with Crippen LogP contribution in [0.5, 0.6) is 0 Å². The van der Waals surface area contributed by atoms with Gasteiger partial charge in [0.2, 0.25) is 0 Å². The first-order chi connectivity index (χ1) is 7.16. The summed E-state index contributed by atoms with van der Waals surface area (Å²) in [5.74, 6) is 0.711. The van der Waals surface area contributed by atoms with Gasteiger partial charge in [0, 0.05) is 0 Å². The third-order valence-corrected chi connectivity index (χ3v) is 2.82. The lowest BCUT2D eigenvalue weighted by Crippen LogP contribution is -2.30. The summed E-state index contributed by atoms with van der Waals surface area (Å²) in [6, 6.07) is 6.85. The van der Waals surface area contributed by atoms with Crippen LogP contribution in [0.15, 0.2) is 24.3 Å². The van der Waals surface area contributed by atoms with Crippen molar-refractivity contribution in [2.75, 3.05) is 0 Å². The lowest BCUT2D eigenvalue weighted by molar-refractivity contribution is 0.116. The standard InChI is InChI=1S/C12H15F2N/c13-12(14)11(15)7-8-1-3-9(4-2-8)10-5-6-10/h1-4,10-12H,5-7,15H2. The van der Waals surface area contributed by atoms with Gasteiger partial charge in [0.15, 0.2) is 0 Å². The molecule has 1 aliphatic carbocycles. The maximum Gasteiger partial charge on any atom is 0.253 e. The zero-order chi connectivity index (χ0) is 10.8. The Bertz CT molecular complexity index is 317. The molecule has 1 aliphatic rings. The monoisotopic (exact) mass is 211 g/mol. The van der Waals surface area contributed by atoms with E-state index < -0.39 is 12.5 Å². The van der Waals surface area contributed by atoms with Gasteiger partial charge in [-0.3, -0.25) is 0 Å². The van der Waals surface area contributed by atoms with Crippen molar-refractivity contribution in [3.05, 3.63) is 35.4 Å². The highest BCUT2D eigenvalue weighted by molar-refractivity contribution is 5.28. The molecular formula is C12H15F2N. The largest absolute Gasteiger partial charge is 0.323 e. The second kappa shape index (κ2) is 4.27. The average Bonchev–Trinajstić information content (AvgIpc) is 3.02. The molecule has 1 aromatic carbocycles. The first-order valence-electron chi connectivity index (χ1n) is 5.29. The number of benzene rings is 1. The predicted molar refractivity (Wildman–Crippen MR) is 56.1 cm³/mol. The van der Waals surface area contributed by atoms with Gasteiger partial charge in [-0.1, -0.05) is 24.3 Å². The molecule has 0 aromatic heterocycles. The molecular weight excluding hydrogens is 196 g/mol. The Balaban J connectivity index is 1.97. The fourth-order valence-corrected chi connectivity index (χ4v) is 1.70. The van der Waals surface area contributed by atoms with E-state index in [-0.39, 0.29) is 6.42 Å². The average molecular weight is 211 g/mol. The molecule has 0 amide bonds. The van der Waals surface area contributed by atoms with Gasteiger partial charge in [-0.2, -0.15) is 0 Å². The van der Waals surface area contributed by atoms with Crippen molar-refractivity contribution < 1.29 is 8.78 Å². The highest BCUT2D eigenvalue weighted by Gasteiger charge is 2.23. The van der Waals surface area contributed by atoms with Gasteiger partial charge in [0.25, 0.3) is 6.43 Å². The van der Waals surface area contributed by atoms with Gasteiger partial charge in [-0.15, -0.1) is 0 Å². The summed E-state index contributed by atoms with van der Waals surface area (Å²) < 4.78 is 24.4. The second-order valence-electron chi connectivity index (χ2n) is 4.22. The number of hydrogen-bond acceptors (Lipinski definition) is 1. The molecule has 0 radical (unpaired) electrons. The summed E-state index contributed by atoms with van der Waals surface area (Å²) >= 11 is 0. The highest BCUT2D eigenvalue weighted by atomic mass is 19.3. The van der Waals surface area contributed by atoms with Crippen LogP contribution in [0.4, 0.5) is 8.78 Å². The van der Waals surface area contributed by atoms with Crippen LogP contribution in [0.25, 0.3) is 0 Å². The van der Waals surface area contributed by atoms with Crippen LogP contribution in [-0.4, -0.2) is 12.5 Å². The molecule has 2 rings (SSSR count). The summed E-state index contributed by atoms with van der Waals surface area (Å²) in [7, 11) is 0. The van der Waals surface area contributed by atoms with E-state index in [0.29, 0.717) is 5.92 Å². The van der Waals surface area contributed by atoms with Crippen LogP contribution < -0.4 is 5.73 Å². The Morgan fingerprint density at radius 1 is 1.20 bits per heavy atom. The van der Waals surface area contributed by atoms with E-state index in [9.17, 15) is 8.78 Å². The van der Waals surface area contributed by atoms with E-state index in [1.54, 1.807) is 0 Å². The van der Waals surface area contributed by atoms with Crippen LogP contribution in [0.1, 0.15) is 29.9 Å². The third kappa shape index (κ3) is 2.75. The van der Waals surface area contributed by atoms with E-state index in [2.05, 4.69) is 0 Å². The summed E-state index contributed by atoms with van der Waals surface area (Å²) in [6.45, 7) is 0. The Kier molecular flexibility index (Phi) is 3.00. The molecule has 82 valence electrons. The lowest BCUT2D eigenvalue weighted by atomic mass is 10.0. The Hall–Kier alpha value is -0.960. The number of alkyl halides is 2. The van der Waals surface area contributed by atoms with Gasteiger partial charge in [-0.25, -0.2) is 8.78 Å². The van der Waals surface area contributed by atoms with E-state index in [0.717, 1.165) is 5.56 Å². The zero-order valence-corrected chi connectivity index (χ0v) is 8.50. The smallest absolute Gasteiger partial charge is 0.253 e. The number of nitrogens with two attached hydrogens (primary N) is 1. The summed E-state index contributed by atoms with van der Waals surface area (Å²) in [5, 5.41) is 0. The fraction of sp³-hybridized carbons (Fsp3) is 0.500. The van der Waals surface area contributed by atoms with Crippen molar-refractivity contribution in [3.63, 3.8) is 0 Å². The molecule has 15 heavy (non-hydrogen) atoms. The van der Waals surface area contributed by atoms with Crippen LogP contribution >= 0.6 is 0 Å². The van der Waals surface area contributed by atoms with Crippen molar-refractivity contribution in [1.82, 2.24) is 0 Å². The number of halogens is 2.